The van der Waals surface area contributed by atoms with E-state index in [1.165, 1.54) is 6.08 Å². The highest BCUT2D eigenvalue weighted by atomic mass is 35.5. The van der Waals surface area contributed by atoms with Gasteiger partial charge in [0.25, 0.3) is 0 Å². The van der Waals surface area contributed by atoms with Crippen LogP contribution in [0.5, 0.6) is 0 Å². The molecule has 2 aromatic rings. The molecule has 26 heavy (non-hydrogen) atoms. The topological polar surface area (TPSA) is 58.4 Å². The van der Waals surface area contributed by atoms with Gasteiger partial charge < -0.3 is 10.0 Å². The zero-order chi connectivity index (χ0) is 19.1. The minimum absolute atomic E-state index is 0.0848. The third-order valence-electron chi connectivity index (χ3n) is 3.94. The molecule has 1 aromatic heterocycles. The van der Waals surface area contributed by atoms with Crippen molar-refractivity contribution in [1.82, 2.24) is 14.7 Å². The molecule has 0 radical (unpaired) electrons. The molecule has 1 aromatic carbocycles. The molecule has 6 heteroatoms. The molecule has 0 fully saturated rings. The monoisotopic (exact) mass is 375 g/mol. The van der Waals surface area contributed by atoms with Gasteiger partial charge in [-0.05, 0) is 24.5 Å². The standard InChI is InChI=1S/C20H26ClN3O2/c1-15(2)13-24-20(21)18(16(3)22-24)9-10-19(26)23(11-12-25)14-17-7-5-4-6-8-17/h4-10,15,25H,11-14H2,1-3H3/b10-9+. The van der Waals surface area contributed by atoms with Gasteiger partial charge in [-0.1, -0.05) is 55.8 Å². The van der Waals surface area contributed by atoms with Gasteiger partial charge in [-0.3, -0.25) is 9.48 Å². The van der Waals surface area contributed by atoms with Crippen LogP contribution in [0, 0.1) is 12.8 Å². The van der Waals surface area contributed by atoms with Gasteiger partial charge in [-0.2, -0.15) is 5.10 Å². The lowest BCUT2D eigenvalue weighted by atomic mass is 10.2. The van der Waals surface area contributed by atoms with Crippen molar-refractivity contribution < 1.29 is 9.90 Å². The van der Waals surface area contributed by atoms with Crippen molar-refractivity contribution in [1.29, 1.82) is 0 Å². The number of hydrogen-bond donors (Lipinski definition) is 1. The number of aromatic nitrogens is 2. The molecule has 0 saturated heterocycles. The molecule has 140 valence electrons. The van der Waals surface area contributed by atoms with Gasteiger partial charge in [0, 0.05) is 31.3 Å². The molecule has 0 aliphatic rings. The SMILES string of the molecule is Cc1nn(CC(C)C)c(Cl)c1/C=C/C(=O)N(CCO)Cc1ccccc1. The summed E-state index contributed by atoms with van der Waals surface area (Å²) < 4.78 is 1.77. The third kappa shape index (κ3) is 5.44. The first-order chi connectivity index (χ1) is 12.4. The molecule has 0 aliphatic carbocycles. The van der Waals surface area contributed by atoms with Gasteiger partial charge in [0.05, 0.1) is 12.3 Å². The lowest BCUT2D eigenvalue weighted by Crippen LogP contribution is -2.31. The number of aliphatic hydroxyl groups is 1. The first-order valence-corrected chi connectivity index (χ1v) is 9.14. The lowest BCUT2D eigenvalue weighted by molar-refractivity contribution is -0.127. The van der Waals surface area contributed by atoms with Gasteiger partial charge in [0.15, 0.2) is 0 Å². The Bertz CT molecular complexity index is 754. The van der Waals surface area contributed by atoms with Crippen molar-refractivity contribution in [2.75, 3.05) is 13.2 Å². The highest BCUT2D eigenvalue weighted by molar-refractivity contribution is 6.31. The van der Waals surface area contributed by atoms with Crippen LogP contribution in [0.4, 0.5) is 0 Å². The Kier molecular flexibility index (Phi) is 7.42. The van der Waals surface area contributed by atoms with Gasteiger partial charge >= 0.3 is 0 Å². The number of amides is 1. The van der Waals surface area contributed by atoms with Crippen LogP contribution in [0.15, 0.2) is 36.4 Å². The second-order valence-electron chi connectivity index (χ2n) is 6.67. The highest BCUT2D eigenvalue weighted by Crippen LogP contribution is 2.22. The Morgan fingerprint density at radius 2 is 2.04 bits per heavy atom. The van der Waals surface area contributed by atoms with E-state index in [9.17, 15) is 9.90 Å². The molecule has 0 saturated carbocycles. The third-order valence-corrected chi connectivity index (χ3v) is 4.34. The predicted octanol–water partition coefficient (Wildman–Crippen LogP) is 3.54. The summed E-state index contributed by atoms with van der Waals surface area (Å²) in [5, 5.41) is 14.3. The molecule has 0 bridgehead atoms. The zero-order valence-electron chi connectivity index (χ0n) is 15.5. The normalized spacial score (nSPS) is 11.5. The van der Waals surface area contributed by atoms with Crippen LogP contribution in [0.3, 0.4) is 0 Å². The Labute approximate surface area is 159 Å². The first-order valence-electron chi connectivity index (χ1n) is 8.77. The second kappa shape index (κ2) is 9.55. The van der Waals surface area contributed by atoms with E-state index in [-0.39, 0.29) is 19.1 Å². The summed E-state index contributed by atoms with van der Waals surface area (Å²) in [7, 11) is 0. The summed E-state index contributed by atoms with van der Waals surface area (Å²) in [6, 6.07) is 9.70. The summed E-state index contributed by atoms with van der Waals surface area (Å²) >= 11 is 6.41. The maximum absolute atomic E-state index is 12.6. The van der Waals surface area contributed by atoms with Gasteiger partial charge in [0.1, 0.15) is 5.15 Å². The fourth-order valence-electron chi connectivity index (χ4n) is 2.68. The Balaban J connectivity index is 2.14. The number of carbonyl (C=O) groups is 1. The molecule has 0 spiro atoms. The predicted molar refractivity (Wildman–Crippen MR) is 105 cm³/mol. The van der Waals surface area contributed by atoms with Crippen molar-refractivity contribution >= 4 is 23.6 Å². The molecular weight excluding hydrogens is 350 g/mol. The molecule has 1 heterocycles. The number of carbonyl (C=O) groups excluding carboxylic acids is 1. The molecule has 0 aliphatic heterocycles. The minimum atomic E-state index is -0.171. The van der Waals surface area contributed by atoms with Crippen molar-refractivity contribution in [2.24, 2.45) is 5.92 Å². The fraction of sp³-hybridized carbons (Fsp3) is 0.400. The van der Waals surface area contributed by atoms with Gasteiger partial charge in [-0.15, -0.1) is 0 Å². The van der Waals surface area contributed by atoms with E-state index in [1.54, 1.807) is 15.7 Å². The van der Waals surface area contributed by atoms with E-state index >= 15 is 0 Å². The fourth-order valence-corrected chi connectivity index (χ4v) is 2.98. The summed E-state index contributed by atoms with van der Waals surface area (Å²) in [6.45, 7) is 7.44. The average Bonchev–Trinajstić information content (AvgIpc) is 2.86. The van der Waals surface area contributed by atoms with E-state index in [4.69, 9.17) is 11.6 Å². The van der Waals surface area contributed by atoms with E-state index in [2.05, 4.69) is 18.9 Å². The Hall–Kier alpha value is -2.11. The Morgan fingerprint density at radius 3 is 2.65 bits per heavy atom. The van der Waals surface area contributed by atoms with E-state index in [0.717, 1.165) is 23.4 Å². The van der Waals surface area contributed by atoms with Crippen molar-refractivity contribution in [3.05, 3.63) is 58.4 Å². The summed E-state index contributed by atoms with van der Waals surface area (Å²) in [5.74, 6) is 0.256. The first kappa shape index (κ1) is 20.2. The summed E-state index contributed by atoms with van der Waals surface area (Å²) in [6.07, 6.45) is 3.20. The van der Waals surface area contributed by atoms with Crippen molar-refractivity contribution in [3.8, 4) is 0 Å². The number of halogens is 1. The highest BCUT2D eigenvalue weighted by Gasteiger charge is 2.14. The smallest absolute Gasteiger partial charge is 0.246 e. The maximum atomic E-state index is 12.6. The quantitative estimate of drug-likeness (QED) is 0.718. The van der Waals surface area contributed by atoms with Gasteiger partial charge in [-0.25, -0.2) is 0 Å². The van der Waals surface area contributed by atoms with Crippen LogP contribution in [-0.4, -0.2) is 38.8 Å². The lowest BCUT2D eigenvalue weighted by Gasteiger charge is -2.20. The van der Waals surface area contributed by atoms with Crippen LogP contribution >= 0.6 is 11.6 Å². The van der Waals surface area contributed by atoms with Crippen LogP contribution in [-0.2, 0) is 17.9 Å². The van der Waals surface area contributed by atoms with Gasteiger partial charge in [0.2, 0.25) is 5.91 Å². The maximum Gasteiger partial charge on any atom is 0.246 e. The molecular formula is C20H26ClN3O2. The molecule has 0 atom stereocenters. The number of rotatable bonds is 8. The van der Waals surface area contributed by atoms with E-state index in [0.29, 0.717) is 17.6 Å². The Morgan fingerprint density at radius 1 is 1.35 bits per heavy atom. The largest absolute Gasteiger partial charge is 0.395 e. The second-order valence-corrected chi connectivity index (χ2v) is 7.03. The number of benzene rings is 1. The molecule has 0 unspecified atom stereocenters. The number of hydrogen-bond acceptors (Lipinski definition) is 3. The van der Waals surface area contributed by atoms with Crippen molar-refractivity contribution in [2.45, 2.75) is 33.9 Å². The number of nitrogens with zero attached hydrogens (tertiary/aromatic N) is 3. The summed E-state index contributed by atoms with van der Waals surface area (Å²) in [4.78, 5) is 14.2. The molecule has 5 nitrogen and oxygen atoms in total. The van der Waals surface area contributed by atoms with E-state index in [1.807, 2.05) is 37.3 Å². The number of aliphatic hydroxyl groups excluding tert-OH is 1. The van der Waals surface area contributed by atoms with E-state index < -0.39 is 0 Å². The van der Waals surface area contributed by atoms with Crippen molar-refractivity contribution in [3.63, 3.8) is 0 Å². The minimum Gasteiger partial charge on any atom is -0.395 e. The average molecular weight is 376 g/mol. The van der Waals surface area contributed by atoms with Crippen LogP contribution in [0.25, 0.3) is 6.08 Å². The summed E-state index contributed by atoms with van der Waals surface area (Å²) in [5.41, 5.74) is 2.56. The zero-order valence-corrected chi connectivity index (χ0v) is 16.3. The number of aryl methyl sites for hydroxylation is 1. The van der Waals surface area contributed by atoms with Crippen LogP contribution < -0.4 is 0 Å². The van der Waals surface area contributed by atoms with Crippen LogP contribution in [0.1, 0.15) is 30.7 Å². The van der Waals surface area contributed by atoms with Crippen LogP contribution in [0.2, 0.25) is 5.15 Å². The molecule has 1 amide bonds. The molecule has 2 rings (SSSR count). The molecule has 1 N–H and O–H groups in total.